The lowest BCUT2D eigenvalue weighted by Gasteiger charge is -2.21. The number of rotatable bonds is 6. The van der Waals surface area contributed by atoms with E-state index >= 15 is 0 Å². The molecule has 0 aliphatic carbocycles. The van der Waals surface area contributed by atoms with Gasteiger partial charge in [-0.25, -0.2) is 0 Å². The van der Waals surface area contributed by atoms with Crippen LogP contribution in [-0.4, -0.2) is 24.9 Å². The quantitative estimate of drug-likeness (QED) is 0.856. The lowest BCUT2D eigenvalue weighted by molar-refractivity contribution is 0.255. The summed E-state index contributed by atoms with van der Waals surface area (Å²) in [6, 6.07) is 9.35. The predicted molar refractivity (Wildman–Crippen MR) is 86.1 cm³/mol. The first kappa shape index (κ1) is 15.2. The molecule has 116 valence electrons. The standard InChI is InChI=1S/C17H18ClNO3/c18-14-3-4-16-13(9-14)8-12(11-22-16)10-19-15(5-6-20)17-2-1-7-21-17/h1-4,7-9,15,19-20H,5-6,10-11H2. The average Bonchev–Trinajstić information content (AvgIpc) is 3.05. The van der Waals surface area contributed by atoms with Crippen LogP contribution >= 0.6 is 11.6 Å². The van der Waals surface area contributed by atoms with Crippen molar-refractivity contribution in [3.63, 3.8) is 0 Å². The third-order valence-electron chi connectivity index (χ3n) is 3.62. The first-order valence-electron chi connectivity index (χ1n) is 7.25. The number of nitrogens with one attached hydrogen (secondary N) is 1. The number of hydrogen-bond donors (Lipinski definition) is 2. The van der Waals surface area contributed by atoms with Gasteiger partial charge in [-0.15, -0.1) is 0 Å². The van der Waals surface area contributed by atoms with E-state index in [1.165, 1.54) is 0 Å². The third-order valence-corrected chi connectivity index (χ3v) is 3.86. The molecule has 0 spiro atoms. The molecule has 1 aliphatic heterocycles. The molecule has 0 radical (unpaired) electrons. The molecule has 0 bridgehead atoms. The number of hydrogen-bond acceptors (Lipinski definition) is 4. The Morgan fingerprint density at radius 2 is 2.23 bits per heavy atom. The molecule has 0 fully saturated rings. The number of aliphatic hydroxyl groups is 1. The second-order valence-corrected chi connectivity index (χ2v) is 5.67. The van der Waals surface area contributed by atoms with Crippen molar-refractivity contribution in [3.8, 4) is 5.75 Å². The number of ether oxygens (including phenoxy) is 1. The van der Waals surface area contributed by atoms with E-state index in [9.17, 15) is 5.11 Å². The summed E-state index contributed by atoms with van der Waals surface area (Å²) in [5, 5.41) is 13.3. The van der Waals surface area contributed by atoms with Crippen molar-refractivity contribution in [3.05, 3.63) is 58.5 Å². The Morgan fingerprint density at radius 1 is 1.32 bits per heavy atom. The molecule has 1 aliphatic rings. The van der Waals surface area contributed by atoms with Crippen molar-refractivity contribution in [2.75, 3.05) is 19.8 Å². The number of fused-ring (bicyclic) bond motifs is 1. The summed E-state index contributed by atoms with van der Waals surface area (Å²) in [7, 11) is 0. The molecular weight excluding hydrogens is 302 g/mol. The highest BCUT2D eigenvalue weighted by molar-refractivity contribution is 6.30. The van der Waals surface area contributed by atoms with Crippen molar-refractivity contribution in [2.45, 2.75) is 12.5 Å². The second kappa shape index (κ2) is 7.01. The van der Waals surface area contributed by atoms with E-state index < -0.39 is 0 Å². The lowest BCUT2D eigenvalue weighted by Crippen LogP contribution is -2.26. The zero-order chi connectivity index (χ0) is 15.4. The SMILES string of the molecule is OCCC(NCC1=Cc2cc(Cl)ccc2OC1)c1ccco1. The summed E-state index contributed by atoms with van der Waals surface area (Å²) < 4.78 is 11.2. The third kappa shape index (κ3) is 3.53. The summed E-state index contributed by atoms with van der Waals surface area (Å²) >= 11 is 6.02. The second-order valence-electron chi connectivity index (χ2n) is 5.23. The smallest absolute Gasteiger partial charge is 0.127 e. The van der Waals surface area contributed by atoms with Gasteiger partial charge >= 0.3 is 0 Å². The molecule has 2 aromatic rings. The number of benzene rings is 1. The van der Waals surface area contributed by atoms with Crippen LogP contribution in [0.4, 0.5) is 0 Å². The van der Waals surface area contributed by atoms with Gasteiger partial charge in [0, 0.05) is 23.7 Å². The molecule has 1 aromatic heterocycles. The molecule has 1 atom stereocenters. The van der Waals surface area contributed by atoms with Gasteiger partial charge in [-0.05, 0) is 48.4 Å². The Hall–Kier alpha value is -1.75. The van der Waals surface area contributed by atoms with Crippen molar-refractivity contribution < 1.29 is 14.3 Å². The molecule has 5 heteroatoms. The lowest BCUT2D eigenvalue weighted by atomic mass is 10.1. The van der Waals surface area contributed by atoms with Crippen LogP contribution in [-0.2, 0) is 0 Å². The van der Waals surface area contributed by atoms with Gasteiger partial charge in [-0.2, -0.15) is 0 Å². The molecule has 0 saturated carbocycles. The van der Waals surface area contributed by atoms with Crippen LogP contribution in [0.5, 0.6) is 5.75 Å². The maximum absolute atomic E-state index is 9.20. The van der Waals surface area contributed by atoms with Crippen molar-refractivity contribution in [2.24, 2.45) is 0 Å². The van der Waals surface area contributed by atoms with E-state index in [0.29, 0.717) is 24.6 Å². The molecule has 0 saturated heterocycles. The fourth-order valence-electron chi connectivity index (χ4n) is 2.52. The minimum atomic E-state index is -0.0124. The van der Waals surface area contributed by atoms with E-state index in [1.54, 1.807) is 6.26 Å². The molecule has 2 heterocycles. The minimum Gasteiger partial charge on any atom is -0.489 e. The van der Waals surface area contributed by atoms with Crippen LogP contribution in [0.1, 0.15) is 23.8 Å². The fourth-order valence-corrected chi connectivity index (χ4v) is 2.70. The van der Waals surface area contributed by atoms with E-state index in [1.807, 2.05) is 30.3 Å². The van der Waals surface area contributed by atoms with Gasteiger partial charge in [0.1, 0.15) is 18.1 Å². The van der Waals surface area contributed by atoms with Crippen LogP contribution in [0, 0.1) is 0 Å². The number of halogens is 1. The van der Waals surface area contributed by atoms with Gasteiger partial charge in [-0.3, -0.25) is 0 Å². The Labute approximate surface area is 134 Å². The largest absolute Gasteiger partial charge is 0.489 e. The summed E-state index contributed by atoms with van der Waals surface area (Å²) in [5.74, 6) is 1.68. The van der Waals surface area contributed by atoms with Gasteiger partial charge in [0.25, 0.3) is 0 Å². The highest BCUT2D eigenvalue weighted by Crippen LogP contribution is 2.29. The summed E-state index contributed by atoms with van der Waals surface area (Å²) in [4.78, 5) is 0. The molecule has 1 unspecified atom stereocenters. The Balaban J connectivity index is 1.68. The van der Waals surface area contributed by atoms with Crippen LogP contribution in [0.15, 0.2) is 46.6 Å². The van der Waals surface area contributed by atoms with Crippen molar-refractivity contribution in [1.29, 1.82) is 0 Å². The van der Waals surface area contributed by atoms with Gasteiger partial charge < -0.3 is 19.6 Å². The van der Waals surface area contributed by atoms with Gasteiger partial charge in [-0.1, -0.05) is 11.6 Å². The average molecular weight is 320 g/mol. The molecule has 3 rings (SSSR count). The molecule has 0 amide bonds. The topological polar surface area (TPSA) is 54.6 Å². The van der Waals surface area contributed by atoms with Gasteiger partial charge in [0.15, 0.2) is 0 Å². The van der Waals surface area contributed by atoms with Crippen LogP contribution < -0.4 is 10.1 Å². The molecule has 2 N–H and O–H groups in total. The maximum Gasteiger partial charge on any atom is 0.127 e. The van der Waals surface area contributed by atoms with Crippen molar-refractivity contribution in [1.82, 2.24) is 5.32 Å². The normalized spacial score (nSPS) is 14.9. The minimum absolute atomic E-state index is 0.0124. The summed E-state index contributed by atoms with van der Waals surface area (Å²) in [6.07, 6.45) is 4.34. The monoisotopic (exact) mass is 319 g/mol. The highest BCUT2D eigenvalue weighted by Gasteiger charge is 2.16. The first-order chi connectivity index (χ1) is 10.8. The number of aliphatic hydroxyl groups excluding tert-OH is 1. The van der Waals surface area contributed by atoms with E-state index in [4.69, 9.17) is 20.8 Å². The number of furan rings is 1. The molecular formula is C17H18ClNO3. The molecule has 4 nitrogen and oxygen atoms in total. The molecule has 22 heavy (non-hydrogen) atoms. The fraction of sp³-hybridized carbons (Fsp3) is 0.294. The highest BCUT2D eigenvalue weighted by atomic mass is 35.5. The van der Waals surface area contributed by atoms with Crippen LogP contribution in [0.3, 0.4) is 0 Å². The Bertz CT molecular complexity index is 652. The van der Waals surface area contributed by atoms with E-state index in [-0.39, 0.29) is 12.6 Å². The summed E-state index contributed by atoms with van der Waals surface area (Å²) in [5.41, 5.74) is 2.12. The van der Waals surface area contributed by atoms with Crippen molar-refractivity contribution >= 4 is 17.7 Å². The Morgan fingerprint density at radius 3 is 3.00 bits per heavy atom. The van der Waals surface area contributed by atoms with E-state index in [0.717, 1.165) is 22.6 Å². The van der Waals surface area contributed by atoms with Crippen LogP contribution in [0.25, 0.3) is 6.08 Å². The zero-order valence-electron chi connectivity index (χ0n) is 12.1. The first-order valence-corrected chi connectivity index (χ1v) is 7.63. The Kier molecular flexibility index (Phi) is 4.83. The van der Waals surface area contributed by atoms with Crippen LogP contribution in [0.2, 0.25) is 5.02 Å². The predicted octanol–water partition coefficient (Wildman–Crippen LogP) is 3.42. The van der Waals surface area contributed by atoms with E-state index in [2.05, 4.69) is 11.4 Å². The zero-order valence-corrected chi connectivity index (χ0v) is 12.8. The maximum atomic E-state index is 9.20. The van der Waals surface area contributed by atoms with Gasteiger partial charge in [0.05, 0.1) is 12.3 Å². The van der Waals surface area contributed by atoms with Gasteiger partial charge in [0.2, 0.25) is 0 Å². The summed E-state index contributed by atoms with van der Waals surface area (Å²) in [6.45, 7) is 1.31. The molecule has 1 aromatic carbocycles.